The molecule has 0 aliphatic heterocycles. The molecule has 0 saturated carbocycles. The summed E-state index contributed by atoms with van der Waals surface area (Å²) in [6.07, 6.45) is 1.53. The molecule has 2 heterocycles. The molecule has 0 atom stereocenters. The third-order valence-corrected chi connectivity index (χ3v) is 2.85. The van der Waals surface area contributed by atoms with E-state index in [1.165, 1.54) is 6.33 Å². The van der Waals surface area contributed by atoms with Gasteiger partial charge < -0.3 is 9.72 Å². The van der Waals surface area contributed by atoms with Crippen LogP contribution in [0.4, 0.5) is 0 Å². The minimum absolute atomic E-state index is 0.429. The summed E-state index contributed by atoms with van der Waals surface area (Å²) in [5, 5.41) is 8.10. The largest absolute Gasteiger partial charge is 0.497 e. The number of nitrogens with zero attached hydrogens (tertiary/aromatic N) is 4. The zero-order valence-corrected chi connectivity index (χ0v) is 10.3. The number of nitrogens with one attached hydrogen (secondary N) is 1. The molecule has 1 N–H and O–H groups in total. The summed E-state index contributed by atoms with van der Waals surface area (Å²) in [5.74, 6) is 0.754. The first-order chi connectivity index (χ1) is 8.79. The first-order valence-corrected chi connectivity index (χ1v) is 5.64. The number of aromatic nitrogens is 5. The Balaban J connectivity index is 2.25. The molecule has 0 unspecified atom stereocenters. The predicted octanol–water partition coefficient (Wildman–Crippen LogP) is 1.88. The number of benzene rings is 1. The van der Waals surface area contributed by atoms with E-state index in [4.69, 9.17) is 17.0 Å². The maximum Gasteiger partial charge on any atom is 0.167 e. The Kier molecular flexibility index (Phi) is 2.52. The molecule has 3 rings (SSSR count). The van der Waals surface area contributed by atoms with Crippen LogP contribution in [0.2, 0.25) is 0 Å². The maximum absolute atomic E-state index is 5.18. The van der Waals surface area contributed by atoms with E-state index in [0.29, 0.717) is 15.8 Å². The van der Waals surface area contributed by atoms with E-state index in [1.54, 1.807) is 11.8 Å². The quantitative estimate of drug-likeness (QED) is 0.712. The van der Waals surface area contributed by atoms with E-state index in [2.05, 4.69) is 20.3 Å². The van der Waals surface area contributed by atoms with Crippen molar-refractivity contribution in [1.82, 2.24) is 25.0 Å². The number of aromatic amines is 1. The molecule has 2 aromatic heterocycles. The standard InChI is InChI=1S/C11H9N5OS/c1-17-8-4-2-3-7(5-8)16-10-9(14-15-16)11(18)13-6-12-10/h2-6H,1H3,(H,12,13,18). The second-order valence-electron chi connectivity index (χ2n) is 3.61. The van der Waals surface area contributed by atoms with Crippen molar-refractivity contribution in [3.8, 4) is 11.4 Å². The van der Waals surface area contributed by atoms with Gasteiger partial charge in [0.1, 0.15) is 5.75 Å². The van der Waals surface area contributed by atoms with Gasteiger partial charge in [-0.1, -0.05) is 23.5 Å². The van der Waals surface area contributed by atoms with Crippen LogP contribution in [0.5, 0.6) is 5.75 Å². The molecule has 0 saturated heterocycles. The van der Waals surface area contributed by atoms with Crippen molar-refractivity contribution in [2.45, 2.75) is 0 Å². The van der Waals surface area contributed by atoms with Gasteiger partial charge in [0.05, 0.1) is 19.1 Å². The van der Waals surface area contributed by atoms with Gasteiger partial charge in [0, 0.05) is 6.07 Å². The summed E-state index contributed by atoms with van der Waals surface area (Å²) < 4.78 is 7.27. The number of rotatable bonds is 2. The zero-order chi connectivity index (χ0) is 12.5. The molecule has 0 aliphatic rings. The summed E-state index contributed by atoms with van der Waals surface area (Å²) in [7, 11) is 1.62. The molecular weight excluding hydrogens is 250 g/mol. The molecule has 0 amide bonds. The lowest BCUT2D eigenvalue weighted by Gasteiger charge is -2.04. The molecule has 1 aromatic carbocycles. The van der Waals surface area contributed by atoms with E-state index in [-0.39, 0.29) is 0 Å². The average Bonchev–Trinajstić information content (AvgIpc) is 2.84. The molecule has 0 radical (unpaired) electrons. The van der Waals surface area contributed by atoms with Crippen molar-refractivity contribution in [1.29, 1.82) is 0 Å². The van der Waals surface area contributed by atoms with Crippen molar-refractivity contribution < 1.29 is 4.74 Å². The fourth-order valence-corrected chi connectivity index (χ4v) is 1.88. The lowest BCUT2D eigenvalue weighted by Crippen LogP contribution is -1.98. The van der Waals surface area contributed by atoms with Crippen LogP contribution in [0.3, 0.4) is 0 Å². The molecule has 0 spiro atoms. The number of hydrogen-bond acceptors (Lipinski definition) is 5. The van der Waals surface area contributed by atoms with E-state index >= 15 is 0 Å². The number of methoxy groups -OCH3 is 1. The molecule has 0 fully saturated rings. The van der Waals surface area contributed by atoms with Gasteiger partial charge in [0.25, 0.3) is 0 Å². The lowest BCUT2D eigenvalue weighted by molar-refractivity contribution is 0.414. The summed E-state index contributed by atoms with van der Waals surface area (Å²) in [6, 6.07) is 7.53. The molecular formula is C11H9N5OS. The molecule has 90 valence electrons. The Hall–Kier alpha value is -2.28. The number of fused-ring (bicyclic) bond motifs is 1. The van der Waals surface area contributed by atoms with Crippen molar-refractivity contribution in [2.24, 2.45) is 0 Å². The smallest absolute Gasteiger partial charge is 0.167 e. The van der Waals surface area contributed by atoms with Gasteiger partial charge in [-0.3, -0.25) is 0 Å². The van der Waals surface area contributed by atoms with E-state index in [1.807, 2.05) is 24.3 Å². The van der Waals surface area contributed by atoms with Crippen LogP contribution in [0.15, 0.2) is 30.6 Å². The Morgan fingerprint density at radius 3 is 3.11 bits per heavy atom. The van der Waals surface area contributed by atoms with Gasteiger partial charge in [-0.15, -0.1) is 5.10 Å². The lowest BCUT2D eigenvalue weighted by atomic mass is 10.3. The number of H-pyrrole nitrogens is 1. The van der Waals surface area contributed by atoms with Gasteiger partial charge in [0.15, 0.2) is 15.8 Å². The van der Waals surface area contributed by atoms with E-state index in [9.17, 15) is 0 Å². The summed E-state index contributed by atoms with van der Waals surface area (Å²) in [5.41, 5.74) is 2.13. The molecule has 0 bridgehead atoms. The van der Waals surface area contributed by atoms with Gasteiger partial charge in [-0.2, -0.15) is 4.68 Å². The monoisotopic (exact) mass is 259 g/mol. The number of ether oxygens (including phenoxy) is 1. The second kappa shape index (κ2) is 4.19. The summed E-state index contributed by atoms with van der Waals surface area (Å²) in [4.78, 5) is 6.96. The first-order valence-electron chi connectivity index (χ1n) is 5.23. The Morgan fingerprint density at radius 2 is 2.28 bits per heavy atom. The SMILES string of the molecule is COc1cccc(-n2nnc3c(=S)nc[nH]c32)c1. The highest BCUT2D eigenvalue weighted by Gasteiger charge is 2.08. The third kappa shape index (κ3) is 1.65. The Labute approximate surface area is 107 Å². The minimum atomic E-state index is 0.429. The van der Waals surface area contributed by atoms with Crippen LogP contribution in [-0.4, -0.2) is 32.1 Å². The van der Waals surface area contributed by atoms with Gasteiger partial charge in [-0.25, -0.2) is 4.98 Å². The van der Waals surface area contributed by atoms with Crippen LogP contribution in [0.25, 0.3) is 16.9 Å². The summed E-state index contributed by atoms with van der Waals surface area (Å²) >= 11 is 5.09. The van der Waals surface area contributed by atoms with Crippen LogP contribution >= 0.6 is 12.2 Å². The van der Waals surface area contributed by atoms with Crippen LogP contribution in [0.1, 0.15) is 0 Å². The summed E-state index contributed by atoms with van der Waals surface area (Å²) in [6.45, 7) is 0. The molecule has 6 nitrogen and oxygen atoms in total. The van der Waals surface area contributed by atoms with Crippen molar-refractivity contribution in [3.05, 3.63) is 35.2 Å². The predicted molar refractivity (Wildman–Crippen MR) is 68.4 cm³/mol. The molecule has 3 aromatic rings. The van der Waals surface area contributed by atoms with E-state index in [0.717, 1.165) is 11.4 Å². The van der Waals surface area contributed by atoms with Crippen molar-refractivity contribution >= 4 is 23.4 Å². The molecule has 7 heteroatoms. The van der Waals surface area contributed by atoms with Gasteiger partial charge >= 0.3 is 0 Å². The molecule has 0 aliphatic carbocycles. The Morgan fingerprint density at radius 1 is 1.39 bits per heavy atom. The number of hydrogen-bond donors (Lipinski definition) is 1. The highest BCUT2D eigenvalue weighted by Crippen LogP contribution is 2.18. The third-order valence-electron chi connectivity index (χ3n) is 2.55. The fourth-order valence-electron chi connectivity index (χ4n) is 1.69. The van der Waals surface area contributed by atoms with Gasteiger partial charge in [0.2, 0.25) is 0 Å². The van der Waals surface area contributed by atoms with E-state index < -0.39 is 0 Å². The van der Waals surface area contributed by atoms with Crippen molar-refractivity contribution in [2.75, 3.05) is 7.11 Å². The highest BCUT2D eigenvalue weighted by atomic mass is 32.1. The zero-order valence-electron chi connectivity index (χ0n) is 9.49. The van der Waals surface area contributed by atoms with Crippen LogP contribution in [-0.2, 0) is 0 Å². The fraction of sp³-hybridized carbons (Fsp3) is 0.0909. The van der Waals surface area contributed by atoms with Gasteiger partial charge in [-0.05, 0) is 12.1 Å². The van der Waals surface area contributed by atoms with Crippen molar-refractivity contribution in [3.63, 3.8) is 0 Å². The average molecular weight is 259 g/mol. The van der Waals surface area contributed by atoms with Crippen LogP contribution in [0, 0.1) is 4.64 Å². The highest BCUT2D eigenvalue weighted by molar-refractivity contribution is 7.71. The molecule has 18 heavy (non-hydrogen) atoms. The topological polar surface area (TPSA) is 68.6 Å². The first kappa shape index (κ1) is 10.8. The Bertz CT molecular complexity index is 763. The maximum atomic E-state index is 5.18. The normalized spacial score (nSPS) is 10.7. The second-order valence-corrected chi connectivity index (χ2v) is 3.99. The van der Waals surface area contributed by atoms with Crippen LogP contribution < -0.4 is 4.74 Å². The minimum Gasteiger partial charge on any atom is -0.497 e.